The second-order valence-electron chi connectivity index (χ2n) is 7.30. The van der Waals surface area contributed by atoms with Crippen molar-refractivity contribution in [3.05, 3.63) is 5.70 Å². The first kappa shape index (κ1) is 15.1. The van der Waals surface area contributed by atoms with Crippen LogP contribution in [0.4, 0.5) is 0 Å². The normalized spacial score (nSPS) is 39.3. The second kappa shape index (κ2) is 4.84. The van der Waals surface area contributed by atoms with Gasteiger partial charge >= 0.3 is 0 Å². The van der Waals surface area contributed by atoms with Gasteiger partial charge in [0.25, 0.3) is 0 Å². The average molecular weight is 302 g/mol. The fraction of sp³-hybridized carbons (Fsp3) is 0.750. The summed E-state index contributed by atoms with van der Waals surface area (Å²) in [4.78, 5) is 22.9. The number of piperidine rings is 1. The molecule has 0 bridgehead atoms. The highest BCUT2D eigenvalue weighted by Gasteiger charge is 2.80. The van der Waals surface area contributed by atoms with E-state index in [9.17, 15) is 14.9 Å². The lowest BCUT2D eigenvalue weighted by Crippen LogP contribution is -2.49. The zero-order chi connectivity index (χ0) is 16.1. The minimum atomic E-state index is -0.463. The maximum atomic E-state index is 11.9. The van der Waals surface area contributed by atoms with Gasteiger partial charge in [-0.2, -0.15) is 5.26 Å². The zero-order valence-electron chi connectivity index (χ0n) is 13.0. The van der Waals surface area contributed by atoms with Gasteiger partial charge in [0, 0.05) is 17.9 Å². The van der Waals surface area contributed by atoms with Crippen molar-refractivity contribution in [1.29, 1.82) is 5.26 Å². The van der Waals surface area contributed by atoms with Crippen molar-refractivity contribution in [2.45, 2.75) is 32.7 Å². The van der Waals surface area contributed by atoms with Crippen LogP contribution < -0.4 is 16.4 Å². The van der Waals surface area contributed by atoms with E-state index in [-0.39, 0.29) is 29.1 Å². The standard InChI is InChI=1S/C16H22N4O2/c1-15(2)12-7-20-13(14(18)22)16(12,15)10(6-17)5-9-3-4-19-11(9)8-21/h9-10,12-13,19-20H,3-5,7H2,1-2H3,(H2,18,22)/t9-,10-,12?,13?,16?/m1/s1. The summed E-state index contributed by atoms with van der Waals surface area (Å²) in [5.41, 5.74) is 5.65. The Balaban J connectivity index is 1.91. The Morgan fingerprint density at radius 2 is 2.27 bits per heavy atom. The lowest BCUT2D eigenvalue weighted by molar-refractivity contribution is -0.122. The van der Waals surface area contributed by atoms with Crippen LogP contribution in [-0.4, -0.2) is 31.0 Å². The molecule has 118 valence electrons. The molecule has 5 atom stereocenters. The number of hydrogen-bond acceptors (Lipinski definition) is 5. The van der Waals surface area contributed by atoms with Crippen LogP contribution in [0.2, 0.25) is 0 Å². The Morgan fingerprint density at radius 3 is 2.82 bits per heavy atom. The molecular weight excluding hydrogens is 280 g/mol. The van der Waals surface area contributed by atoms with Gasteiger partial charge in [0.15, 0.2) is 0 Å². The quantitative estimate of drug-likeness (QED) is 0.631. The van der Waals surface area contributed by atoms with Crippen molar-refractivity contribution in [2.24, 2.45) is 34.3 Å². The highest BCUT2D eigenvalue weighted by Crippen LogP contribution is 2.76. The van der Waals surface area contributed by atoms with Crippen molar-refractivity contribution in [3.63, 3.8) is 0 Å². The first-order valence-electron chi connectivity index (χ1n) is 7.82. The molecule has 3 aliphatic rings. The van der Waals surface area contributed by atoms with Crippen LogP contribution in [0.1, 0.15) is 26.7 Å². The van der Waals surface area contributed by atoms with Gasteiger partial charge in [-0.15, -0.1) is 0 Å². The summed E-state index contributed by atoms with van der Waals surface area (Å²) in [6, 6.07) is 1.96. The lowest BCUT2D eigenvalue weighted by atomic mass is 9.73. The number of primary amides is 1. The van der Waals surface area contributed by atoms with Gasteiger partial charge in [0.2, 0.25) is 5.91 Å². The number of carbonyl (C=O) groups excluding carboxylic acids is 2. The van der Waals surface area contributed by atoms with E-state index in [1.807, 2.05) is 5.94 Å². The van der Waals surface area contributed by atoms with Crippen molar-refractivity contribution in [1.82, 2.24) is 10.6 Å². The minimum absolute atomic E-state index is 0.0303. The number of nitrogens with one attached hydrogen (secondary N) is 2. The molecule has 0 aromatic rings. The Kier molecular flexibility index (Phi) is 3.32. The highest BCUT2D eigenvalue weighted by atomic mass is 16.1. The molecule has 2 heterocycles. The summed E-state index contributed by atoms with van der Waals surface area (Å²) < 4.78 is 0. The number of nitrogens with zero attached hydrogens (tertiary/aromatic N) is 1. The molecule has 2 aliphatic heterocycles. The number of amides is 1. The van der Waals surface area contributed by atoms with Crippen LogP contribution in [0, 0.1) is 39.9 Å². The molecule has 1 aliphatic carbocycles. The number of nitrogens with two attached hydrogens (primary N) is 1. The molecule has 1 amide bonds. The first-order valence-corrected chi connectivity index (χ1v) is 7.82. The topological polar surface area (TPSA) is 108 Å². The molecule has 4 N–H and O–H groups in total. The van der Waals surface area contributed by atoms with Gasteiger partial charge in [0.05, 0.1) is 23.7 Å². The SMILES string of the molecule is CC1(C)C2CNC(C(N)=O)C21[C@@H](C#N)C[C@H]1CCNC1=C=O. The summed E-state index contributed by atoms with van der Waals surface area (Å²) in [5, 5.41) is 16.0. The molecule has 3 unspecified atom stereocenters. The van der Waals surface area contributed by atoms with E-state index in [4.69, 9.17) is 5.73 Å². The van der Waals surface area contributed by atoms with Crippen molar-refractivity contribution >= 4 is 11.8 Å². The van der Waals surface area contributed by atoms with Crippen molar-refractivity contribution in [2.75, 3.05) is 13.1 Å². The molecule has 3 fully saturated rings. The van der Waals surface area contributed by atoms with E-state index in [1.54, 1.807) is 0 Å². The van der Waals surface area contributed by atoms with Crippen LogP contribution in [-0.2, 0) is 9.59 Å². The van der Waals surface area contributed by atoms with E-state index in [1.165, 1.54) is 0 Å². The zero-order valence-corrected chi connectivity index (χ0v) is 13.0. The predicted octanol–water partition coefficient (Wildman–Crippen LogP) is -0.0592. The number of hydrogen-bond donors (Lipinski definition) is 3. The molecule has 3 rings (SSSR count). The molecule has 0 spiro atoms. The Hall–Kier alpha value is -1.83. The Morgan fingerprint density at radius 1 is 1.55 bits per heavy atom. The third-order valence-electron chi connectivity index (χ3n) is 6.35. The Labute approximate surface area is 130 Å². The molecule has 0 radical (unpaired) electrons. The minimum Gasteiger partial charge on any atom is -0.379 e. The molecule has 6 nitrogen and oxygen atoms in total. The third-order valence-corrected chi connectivity index (χ3v) is 6.35. The largest absolute Gasteiger partial charge is 0.379 e. The van der Waals surface area contributed by atoms with E-state index < -0.39 is 11.5 Å². The molecule has 0 aromatic heterocycles. The average Bonchev–Trinajstić information content (AvgIpc) is 2.91. The predicted molar refractivity (Wildman–Crippen MR) is 79.7 cm³/mol. The lowest BCUT2D eigenvalue weighted by Gasteiger charge is -2.31. The van der Waals surface area contributed by atoms with Crippen LogP contribution in [0.25, 0.3) is 0 Å². The van der Waals surface area contributed by atoms with Crippen LogP contribution in [0.3, 0.4) is 0 Å². The third kappa shape index (κ3) is 1.70. The monoisotopic (exact) mass is 302 g/mol. The van der Waals surface area contributed by atoms with Gasteiger partial charge in [-0.1, -0.05) is 13.8 Å². The van der Waals surface area contributed by atoms with Gasteiger partial charge < -0.3 is 16.4 Å². The van der Waals surface area contributed by atoms with Gasteiger partial charge in [-0.05, 0) is 30.7 Å². The van der Waals surface area contributed by atoms with Gasteiger partial charge in [-0.3, -0.25) is 4.79 Å². The number of allylic oxidation sites excluding steroid dienone is 1. The maximum Gasteiger partial charge on any atom is 0.235 e. The highest BCUT2D eigenvalue weighted by molar-refractivity contribution is 5.83. The van der Waals surface area contributed by atoms with E-state index in [0.29, 0.717) is 12.1 Å². The molecule has 1 saturated carbocycles. The number of rotatable bonds is 4. The van der Waals surface area contributed by atoms with Crippen molar-refractivity contribution < 1.29 is 9.59 Å². The molecule has 0 aromatic carbocycles. The van der Waals surface area contributed by atoms with Crippen LogP contribution in [0.5, 0.6) is 0 Å². The smallest absolute Gasteiger partial charge is 0.235 e. The summed E-state index contributed by atoms with van der Waals surface area (Å²) >= 11 is 0. The van der Waals surface area contributed by atoms with E-state index >= 15 is 0 Å². The number of fused-ring (bicyclic) bond motifs is 1. The molecular formula is C16H22N4O2. The van der Waals surface area contributed by atoms with Crippen molar-refractivity contribution in [3.8, 4) is 6.07 Å². The molecule has 6 heteroatoms. The van der Waals surface area contributed by atoms with Crippen LogP contribution >= 0.6 is 0 Å². The van der Waals surface area contributed by atoms with Gasteiger partial charge in [-0.25, -0.2) is 4.79 Å². The first-order chi connectivity index (χ1) is 10.4. The Bertz CT molecular complexity index is 602. The number of carbonyl (C=O) groups is 1. The fourth-order valence-corrected chi connectivity index (χ4v) is 5.24. The number of nitriles is 1. The maximum absolute atomic E-state index is 11.9. The fourth-order valence-electron chi connectivity index (χ4n) is 5.24. The summed E-state index contributed by atoms with van der Waals surface area (Å²) in [7, 11) is 0. The summed E-state index contributed by atoms with van der Waals surface area (Å²) in [5.74, 6) is 1.58. The summed E-state index contributed by atoms with van der Waals surface area (Å²) in [6.07, 6.45) is 1.41. The van der Waals surface area contributed by atoms with Gasteiger partial charge in [0.1, 0.15) is 5.94 Å². The molecule has 2 saturated heterocycles. The van der Waals surface area contributed by atoms with E-state index in [0.717, 1.165) is 19.5 Å². The van der Waals surface area contributed by atoms with Crippen LogP contribution in [0.15, 0.2) is 5.70 Å². The molecule has 22 heavy (non-hydrogen) atoms. The second-order valence-corrected chi connectivity index (χ2v) is 7.30. The van der Waals surface area contributed by atoms with E-state index in [2.05, 4.69) is 30.6 Å². The summed E-state index contributed by atoms with van der Waals surface area (Å²) in [6.45, 7) is 5.69.